The summed E-state index contributed by atoms with van der Waals surface area (Å²) in [4.78, 5) is 0. The summed E-state index contributed by atoms with van der Waals surface area (Å²) < 4.78 is 0. The molecule has 0 amide bonds. The van der Waals surface area contributed by atoms with Gasteiger partial charge in [-0.25, -0.2) is 0 Å². The highest BCUT2D eigenvalue weighted by molar-refractivity contribution is 5.82. The largest absolute Gasteiger partial charge is 0.0620 e. The predicted molar refractivity (Wildman–Crippen MR) is 127 cm³/mol. The van der Waals surface area contributed by atoms with Crippen LogP contribution in [0.1, 0.15) is 47.4 Å². The molecule has 1 aliphatic carbocycles. The minimum absolute atomic E-state index is 0.792. The molecule has 1 saturated carbocycles. The second kappa shape index (κ2) is 8.66. The lowest BCUT2D eigenvalue weighted by molar-refractivity contribution is 0.420. The van der Waals surface area contributed by atoms with Gasteiger partial charge >= 0.3 is 0 Å². The Morgan fingerprint density at radius 3 is 1.97 bits per heavy atom. The molecule has 0 radical (unpaired) electrons. The molecule has 29 heavy (non-hydrogen) atoms. The zero-order chi connectivity index (χ0) is 20.2. The smallest absolute Gasteiger partial charge is 0.0144 e. The van der Waals surface area contributed by atoms with Crippen molar-refractivity contribution in [1.29, 1.82) is 0 Å². The molecule has 4 aromatic carbocycles. The molecule has 5 rings (SSSR count). The van der Waals surface area contributed by atoms with E-state index in [1.165, 1.54) is 57.9 Å². The van der Waals surface area contributed by atoms with E-state index in [9.17, 15) is 0 Å². The molecule has 0 bridgehead atoms. The van der Waals surface area contributed by atoms with E-state index in [0.29, 0.717) is 0 Å². The van der Waals surface area contributed by atoms with Crippen LogP contribution in [0, 0.1) is 20.8 Å². The first kappa shape index (κ1) is 19.5. The molecule has 0 unspecified atom stereocenters. The number of hydrogen-bond acceptors (Lipinski definition) is 0. The van der Waals surface area contributed by atoms with Crippen molar-refractivity contribution >= 4 is 10.8 Å². The van der Waals surface area contributed by atoms with Crippen LogP contribution in [0.4, 0.5) is 0 Å². The van der Waals surface area contributed by atoms with Gasteiger partial charge in [0.2, 0.25) is 0 Å². The maximum absolute atomic E-state index is 2.36. The lowest BCUT2D eigenvalue weighted by Crippen LogP contribution is -2.10. The summed E-state index contributed by atoms with van der Waals surface area (Å²) in [7, 11) is 0. The maximum Gasteiger partial charge on any atom is -0.0144 e. The fourth-order valence-corrected chi connectivity index (χ4v) is 4.16. The van der Waals surface area contributed by atoms with Gasteiger partial charge in [0, 0.05) is 0 Å². The fraction of sp³-hybridized carbons (Fsp3) is 0.241. The lowest BCUT2D eigenvalue weighted by atomic mass is 9.76. The number of rotatable bonds is 2. The average molecular weight is 379 g/mol. The SMILES string of the molecule is Cc1ccc(C2CCC2)c(-c2ccccc2C)c1.Cc1ccc2ccccc2c1. The van der Waals surface area contributed by atoms with E-state index in [1.807, 2.05) is 0 Å². The molecule has 4 aromatic rings. The van der Waals surface area contributed by atoms with Crippen molar-refractivity contribution in [2.75, 3.05) is 0 Å². The Balaban J connectivity index is 0.000000159. The van der Waals surface area contributed by atoms with Crippen LogP contribution in [0.15, 0.2) is 84.9 Å². The summed E-state index contributed by atoms with van der Waals surface area (Å²) >= 11 is 0. The molecule has 0 aliphatic heterocycles. The third kappa shape index (κ3) is 4.43. The number of hydrogen-bond donors (Lipinski definition) is 0. The van der Waals surface area contributed by atoms with Gasteiger partial charge in [-0.1, -0.05) is 102 Å². The van der Waals surface area contributed by atoms with Crippen molar-refractivity contribution in [3.63, 3.8) is 0 Å². The molecule has 0 atom stereocenters. The molecular weight excluding hydrogens is 348 g/mol. The third-order valence-electron chi connectivity index (χ3n) is 6.09. The van der Waals surface area contributed by atoms with Crippen LogP contribution in [0.5, 0.6) is 0 Å². The van der Waals surface area contributed by atoms with Gasteiger partial charge in [-0.15, -0.1) is 0 Å². The summed E-state index contributed by atoms with van der Waals surface area (Å²) in [5, 5.41) is 2.64. The van der Waals surface area contributed by atoms with E-state index in [4.69, 9.17) is 0 Å². The Morgan fingerprint density at radius 2 is 1.24 bits per heavy atom. The highest BCUT2D eigenvalue weighted by Crippen LogP contribution is 2.42. The predicted octanol–water partition coefficient (Wildman–Crippen LogP) is 8.39. The van der Waals surface area contributed by atoms with Crippen molar-refractivity contribution in [1.82, 2.24) is 0 Å². The Bertz CT molecular complexity index is 1120. The second-order valence-electron chi connectivity index (χ2n) is 8.38. The van der Waals surface area contributed by atoms with Gasteiger partial charge in [-0.2, -0.15) is 0 Å². The second-order valence-corrected chi connectivity index (χ2v) is 8.38. The molecule has 0 heterocycles. The van der Waals surface area contributed by atoms with E-state index >= 15 is 0 Å². The number of aryl methyl sites for hydroxylation is 3. The lowest BCUT2D eigenvalue weighted by Gasteiger charge is -2.28. The first-order chi connectivity index (χ1) is 14.1. The summed E-state index contributed by atoms with van der Waals surface area (Å²) in [6.07, 6.45) is 4.12. The standard InChI is InChI=1S/C18H20.C11H10/c1-13-10-11-17(15-7-5-8-15)18(12-13)16-9-4-3-6-14(16)2;1-9-6-7-10-4-2-3-5-11(10)8-9/h3-4,6,9-12,15H,5,7-8H2,1-2H3;2-8H,1H3. The Labute approximate surface area is 175 Å². The van der Waals surface area contributed by atoms with Crippen molar-refractivity contribution in [2.45, 2.75) is 46.0 Å². The molecule has 1 aliphatic rings. The fourth-order valence-electron chi connectivity index (χ4n) is 4.16. The van der Waals surface area contributed by atoms with Crippen molar-refractivity contribution in [2.24, 2.45) is 0 Å². The van der Waals surface area contributed by atoms with Crippen molar-refractivity contribution < 1.29 is 0 Å². The highest BCUT2D eigenvalue weighted by atomic mass is 14.3. The summed E-state index contributed by atoms with van der Waals surface area (Å²) in [6.45, 7) is 6.51. The minimum Gasteiger partial charge on any atom is -0.0620 e. The van der Waals surface area contributed by atoms with Crippen LogP contribution >= 0.6 is 0 Å². The van der Waals surface area contributed by atoms with E-state index in [2.05, 4.69) is 106 Å². The van der Waals surface area contributed by atoms with Crippen molar-refractivity contribution in [3.05, 3.63) is 107 Å². The quantitative estimate of drug-likeness (QED) is 0.328. The molecule has 146 valence electrons. The van der Waals surface area contributed by atoms with E-state index in [-0.39, 0.29) is 0 Å². The van der Waals surface area contributed by atoms with Gasteiger partial charge in [0.15, 0.2) is 0 Å². The molecule has 0 nitrogen and oxygen atoms in total. The molecule has 0 spiro atoms. The number of fused-ring (bicyclic) bond motifs is 1. The molecule has 1 fully saturated rings. The molecule has 0 aromatic heterocycles. The van der Waals surface area contributed by atoms with Crippen LogP contribution < -0.4 is 0 Å². The minimum atomic E-state index is 0.792. The first-order valence-corrected chi connectivity index (χ1v) is 10.7. The van der Waals surface area contributed by atoms with Gasteiger partial charge in [0.05, 0.1) is 0 Å². The molecule has 0 saturated heterocycles. The van der Waals surface area contributed by atoms with Gasteiger partial charge in [0.1, 0.15) is 0 Å². The van der Waals surface area contributed by atoms with Gasteiger partial charge in [-0.3, -0.25) is 0 Å². The monoisotopic (exact) mass is 378 g/mol. The summed E-state index contributed by atoms with van der Waals surface area (Å²) in [6, 6.07) is 30.6. The van der Waals surface area contributed by atoms with Crippen LogP contribution in [-0.2, 0) is 0 Å². The Hall–Kier alpha value is -2.86. The van der Waals surface area contributed by atoms with E-state index in [1.54, 1.807) is 5.56 Å². The van der Waals surface area contributed by atoms with Crippen LogP contribution in [0.2, 0.25) is 0 Å². The topological polar surface area (TPSA) is 0 Å². The maximum atomic E-state index is 2.36. The number of benzene rings is 4. The Morgan fingerprint density at radius 1 is 0.586 bits per heavy atom. The van der Waals surface area contributed by atoms with Crippen LogP contribution in [-0.4, -0.2) is 0 Å². The van der Waals surface area contributed by atoms with Gasteiger partial charge < -0.3 is 0 Å². The molecule has 0 heteroatoms. The van der Waals surface area contributed by atoms with E-state index in [0.717, 1.165) is 5.92 Å². The first-order valence-electron chi connectivity index (χ1n) is 10.7. The summed E-state index contributed by atoms with van der Waals surface area (Å²) in [5.41, 5.74) is 8.48. The van der Waals surface area contributed by atoms with Crippen LogP contribution in [0.3, 0.4) is 0 Å². The molecular formula is C29H30. The highest BCUT2D eigenvalue weighted by Gasteiger charge is 2.22. The normalized spacial score (nSPS) is 13.5. The van der Waals surface area contributed by atoms with E-state index < -0.39 is 0 Å². The van der Waals surface area contributed by atoms with Gasteiger partial charge in [0.25, 0.3) is 0 Å². The van der Waals surface area contributed by atoms with Gasteiger partial charge in [-0.05, 0) is 72.6 Å². The Kier molecular flexibility index (Phi) is 5.81. The zero-order valence-electron chi connectivity index (χ0n) is 17.8. The average Bonchev–Trinajstić information content (AvgIpc) is 2.69. The van der Waals surface area contributed by atoms with Crippen LogP contribution in [0.25, 0.3) is 21.9 Å². The van der Waals surface area contributed by atoms with Crippen molar-refractivity contribution in [3.8, 4) is 11.1 Å². The summed E-state index contributed by atoms with van der Waals surface area (Å²) in [5.74, 6) is 0.792. The zero-order valence-corrected chi connectivity index (χ0v) is 17.8. The molecule has 0 N–H and O–H groups in total. The third-order valence-corrected chi connectivity index (χ3v) is 6.09.